The van der Waals surface area contributed by atoms with Crippen LogP contribution in [0.15, 0.2) is 22.7 Å². The molecule has 0 radical (unpaired) electrons. The van der Waals surface area contributed by atoms with Gasteiger partial charge < -0.3 is 14.0 Å². The SMILES string of the molecule is COC(=O)c1onc(-c2ccc(F)c(C)c2)c1C(=O)OC. The molecule has 0 saturated heterocycles. The first-order valence-corrected chi connectivity index (χ1v) is 5.92. The Morgan fingerprint density at radius 3 is 2.43 bits per heavy atom. The number of benzene rings is 1. The first kappa shape index (κ1) is 14.7. The van der Waals surface area contributed by atoms with Gasteiger partial charge in [0, 0.05) is 5.56 Å². The first-order valence-electron chi connectivity index (χ1n) is 5.92. The average molecular weight is 293 g/mol. The fourth-order valence-electron chi connectivity index (χ4n) is 1.80. The van der Waals surface area contributed by atoms with Crippen molar-refractivity contribution in [2.75, 3.05) is 14.2 Å². The van der Waals surface area contributed by atoms with E-state index < -0.39 is 17.8 Å². The Labute approximate surface area is 119 Å². The van der Waals surface area contributed by atoms with Crippen molar-refractivity contribution in [1.29, 1.82) is 0 Å². The largest absolute Gasteiger partial charge is 0.465 e. The second-order valence-corrected chi connectivity index (χ2v) is 4.18. The van der Waals surface area contributed by atoms with Crippen LogP contribution in [0, 0.1) is 12.7 Å². The molecule has 0 fully saturated rings. The molecule has 2 rings (SSSR count). The minimum Gasteiger partial charge on any atom is -0.465 e. The molecular weight excluding hydrogens is 281 g/mol. The van der Waals surface area contributed by atoms with E-state index in [0.717, 1.165) is 14.2 Å². The standard InChI is InChI=1S/C14H12FNO5/c1-7-6-8(4-5-9(7)15)11-10(13(17)19-2)12(21-16-11)14(18)20-3/h4-6H,1-3H3. The minimum absolute atomic E-state index is 0.0883. The molecule has 0 aliphatic carbocycles. The molecule has 6 nitrogen and oxygen atoms in total. The number of carbonyl (C=O) groups excluding carboxylic acids is 2. The highest BCUT2D eigenvalue weighted by Crippen LogP contribution is 2.28. The fraction of sp³-hybridized carbons (Fsp3) is 0.214. The summed E-state index contributed by atoms with van der Waals surface area (Å²) in [6.07, 6.45) is 0. The Kier molecular flexibility index (Phi) is 4.02. The number of aromatic nitrogens is 1. The van der Waals surface area contributed by atoms with Crippen molar-refractivity contribution in [1.82, 2.24) is 5.16 Å². The van der Waals surface area contributed by atoms with Crippen LogP contribution in [0.4, 0.5) is 4.39 Å². The summed E-state index contributed by atoms with van der Waals surface area (Å²) in [5.74, 6) is -2.40. The molecule has 0 aliphatic heterocycles. The third-order valence-electron chi connectivity index (χ3n) is 2.88. The quantitative estimate of drug-likeness (QED) is 0.808. The van der Waals surface area contributed by atoms with Gasteiger partial charge >= 0.3 is 11.9 Å². The Balaban J connectivity index is 2.63. The van der Waals surface area contributed by atoms with Gasteiger partial charge in [0.15, 0.2) is 0 Å². The summed E-state index contributed by atoms with van der Waals surface area (Å²) in [6, 6.07) is 4.15. The van der Waals surface area contributed by atoms with Gasteiger partial charge in [0.25, 0.3) is 5.76 Å². The molecule has 1 aromatic carbocycles. The van der Waals surface area contributed by atoms with E-state index >= 15 is 0 Å². The Hall–Kier alpha value is -2.70. The number of halogens is 1. The van der Waals surface area contributed by atoms with Gasteiger partial charge in [-0.05, 0) is 30.7 Å². The summed E-state index contributed by atoms with van der Waals surface area (Å²) < 4.78 is 27.3. The smallest absolute Gasteiger partial charge is 0.377 e. The summed E-state index contributed by atoms with van der Waals surface area (Å²) in [7, 11) is 2.31. The number of hydrogen-bond acceptors (Lipinski definition) is 6. The Morgan fingerprint density at radius 2 is 1.86 bits per heavy atom. The third-order valence-corrected chi connectivity index (χ3v) is 2.88. The molecule has 21 heavy (non-hydrogen) atoms. The molecule has 0 atom stereocenters. The van der Waals surface area contributed by atoms with Gasteiger partial charge in [-0.2, -0.15) is 0 Å². The summed E-state index contributed by atoms with van der Waals surface area (Å²) in [6.45, 7) is 1.57. The molecule has 2 aromatic rings. The number of aryl methyl sites for hydroxylation is 1. The fourth-order valence-corrected chi connectivity index (χ4v) is 1.80. The monoisotopic (exact) mass is 293 g/mol. The number of esters is 2. The molecule has 0 unspecified atom stereocenters. The van der Waals surface area contributed by atoms with E-state index in [1.54, 1.807) is 6.92 Å². The molecule has 0 spiro atoms. The lowest BCUT2D eigenvalue weighted by Gasteiger charge is -2.03. The number of hydrogen-bond donors (Lipinski definition) is 0. The minimum atomic E-state index is -0.854. The van der Waals surface area contributed by atoms with Crippen LogP contribution >= 0.6 is 0 Å². The zero-order valence-corrected chi connectivity index (χ0v) is 11.6. The number of carbonyl (C=O) groups is 2. The van der Waals surface area contributed by atoms with Crippen molar-refractivity contribution >= 4 is 11.9 Å². The van der Waals surface area contributed by atoms with Crippen LogP contribution in [0.5, 0.6) is 0 Å². The van der Waals surface area contributed by atoms with E-state index in [0.29, 0.717) is 11.1 Å². The van der Waals surface area contributed by atoms with Crippen molar-refractivity contribution in [3.05, 3.63) is 40.9 Å². The highest BCUT2D eigenvalue weighted by molar-refractivity contribution is 6.05. The predicted molar refractivity (Wildman–Crippen MR) is 69.3 cm³/mol. The van der Waals surface area contributed by atoms with E-state index in [2.05, 4.69) is 14.6 Å². The summed E-state index contributed by atoms with van der Waals surface area (Å²) in [5, 5.41) is 3.70. The van der Waals surface area contributed by atoms with E-state index in [1.165, 1.54) is 18.2 Å². The van der Waals surface area contributed by atoms with Gasteiger partial charge in [-0.15, -0.1) is 0 Å². The van der Waals surface area contributed by atoms with E-state index in [9.17, 15) is 14.0 Å². The maximum absolute atomic E-state index is 13.3. The van der Waals surface area contributed by atoms with Gasteiger partial charge in [0.1, 0.15) is 17.1 Å². The van der Waals surface area contributed by atoms with Crippen LogP contribution in [0.2, 0.25) is 0 Å². The van der Waals surface area contributed by atoms with Crippen molar-refractivity contribution < 1.29 is 28.0 Å². The van der Waals surface area contributed by atoms with Crippen molar-refractivity contribution in [3.63, 3.8) is 0 Å². The summed E-state index contributed by atoms with van der Waals surface area (Å²) >= 11 is 0. The van der Waals surface area contributed by atoms with Crippen LogP contribution < -0.4 is 0 Å². The molecule has 0 amide bonds. The maximum Gasteiger partial charge on any atom is 0.377 e. The summed E-state index contributed by atoms with van der Waals surface area (Å²) in [5.41, 5.74) is 0.722. The molecule has 0 bridgehead atoms. The highest BCUT2D eigenvalue weighted by atomic mass is 19.1. The molecular formula is C14H12FNO5. The van der Waals surface area contributed by atoms with Gasteiger partial charge in [-0.1, -0.05) is 5.16 Å². The molecule has 110 valence electrons. The van der Waals surface area contributed by atoms with Crippen molar-refractivity contribution in [2.45, 2.75) is 6.92 Å². The van der Waals surface area contributed by atoms with Crippen LogP contribution in [0.3, 0.4) is 0 Å². The molecule has 1 heterocycles. The summed E-state index contributed by atoms with van der Waals surface area (Å²) in [4.78, 5) is 23.5. The number of methoxy groups -OCH3 is 2. The zero-order chi connectivity index (χ0) is 15.6. The van der Waals surface area contributed by atoms with Gasteiger partial charge in [0.2, 0.25) is 0 Å². The lowest BCUT2D eigenvalue weighted by molar-refractivity contribution is 0.0521. The highest BCUT2D eigenvalue weighted by Gasteiger charge is 2.30. The van der Waals surface area contributed by atoms with E-state index in [-0.39, 0.29) is 17.0 Å². The lowest BCUT2D eigenvalue weighted by Crippen LogP contribution is -2.10. The Morgan fingerprint density at radius 1 is 1.19 bits per heavy atom. The molecule has 0 aliphatic rings. The van der Waals surface area contributed by atoms with Crippen molar-refractivity contribution in [2.24, 2.45) is 0 Å². The van der Waals surface area contributed by atoms with Crippen LogP contribution in [-0.4, -0.2) is 31.3 Å². The Bertz CT molecular complexity index is 707. The molecule has 7 heteroatoms. The lowest BCUT2D eigenvalue weighted by atomic mass is 10.0. The van der Waals surface area contributed by atoms with E-state index in [1.807, 2.05) is 0 Å². The van der Waals surface area contributed by atoms with Crippen LogP contribution in [0.1, 0.15) is 26.5 Å². The van der Waals surface area contributed by atoms with Gasteiger partial charge in [-0.3, -0.25) is 0 Å². The number of rotatable bonds is 3. The zero-order valence-electron chi connectivity index (χ0n) is 11.6. The molecule has 0 saturated carbocycles. The molecule has 1 aromatic heterocycles. The first-order chi connectivity index (χ1) is 9.99. The van der Waals surface area contributed by atoms with E-state index in [4.69, 9.17) is 4.52 Å². The van der Waals surface area contributed by atoms with Gasteiger partial charge in [0.05, 0.1) is 14.2 Å². The van der Waals surface area contributed by atoms with Crippen LogP contribution in [0.25, 0.3) is 11.3 Å². The second kappa shape index (κ2) is 5.74. The average Bonchev–Trinajstić information content (AvgIpc) is 2.93. The normalized spacial score (nSPS) is 10.3. The second-order valence-electron chi connectivity index (χ2n) is 4.18. The van der Waals surface area contributed by atoms with Crippen molar-refractivity contribution in [3.8, 4) is 11.3 Å². The van der Waals surface area contributed by atoms with Crippen LogP contribution in [-0.2, 0) is 9.47 Å². The topological polar surface area (TPSA) is 78.6 Å². The van der Waals surface area contributed by atoms with Gasteiger partial charge in [-0.25, -0.2) is 14.0 Å². The maximum atomic E-state index is 13.3. The number of ether oxygens (including phenoxy) is 2. The number of nitrogens with zero attached hydrogens (tertiary/aromatic N) is 1. The molecule has 0 N–H and O–H groups in total. The third kappa shape index (κ3) is 2.62. The predicted octanol–water partition coefficient (Wildman–Crippen LogP) is 2.36.